The predicted octanol–water partition coefficient (Wildman–Crippen LogP) is 6.10. The molecule has 0 aliphatic carbocycles. The predicted molar refractivity (Wildman–Crippen MR) is 101 cm³/mol. The summed E-state index contributed by atoms with van der Waals surface area (Å²) in [5.74, 6) is -2.58. The standard InChI is InChI=1S/C22H26F2O3/c1-3-5-7-8-16-11-14-19(21(24)20(16)23)27-22(25)17-9-12-18(13-10-17)26-15-6-4-2/h9-14H,3-8,15H2,1-2H3. The van der Waals surface area contributed by atoms with Crippen molar-refractivity contribution < 1.29 is 23.0 Å². The van der Waals surface area contributed by atoms with Gasteiger partial charge < -0.3 is 9.47 Å². The number of aryl methyl sites for hydroxylation is 1. The molecule has 0 aromatic heterocycles. The van der Waals surface area contributed by atoms with Crippen molar-refractivity contribution in [3.8, 4) is 11.5 Å². The van der Waals surface area contributed by atoms with Crippen molar-refractivity contribution in [1.29, 1.82) is 0 Å². The van der Waals surface area contributed by atoms with Crippen LogP contribution in [0, 0.1) is 11.6 Å². The van der Waals surface area contributed by atoms with Crippen molar-refractivity contribution in [1.82, 2.24) is 0 Å². The first-order valence-corrected chi connectivity index (χ1v) is 9.48. The normalized spacial score (nSPS) is 10.7. The van der Waals surface area contributed by atoms with Gasteiger partial charge in [-0.2, -0.15) is 4.39 Å². The van der Waals surface area contributed by atoms with E-state index >= 15 is 0 Å². The van der Waals surface area contributed by atoms with Crippen molar-refractivity contribution in [2.75, 3.05) is 6.61 Å². The minimum atomic E-state index is -1.13. The molecule has 0 unspecified atom stereocenters. The summed E-state index contributed by atoms with van der Waals surface area (Å²) in [4.78, 5) is 12.2. The lowest BCUT2D eigenvalue weighted by atomic mass is 10.1. The van der Waals surface area contributed by atoms with E-state index in [4.69, 9.17) is 9.47 Å². The van der Waals surface area contributed by atoms with Gasteiger partial charge in [0.1, 0.15) is 5.75 Å². The molecule has 0 fully saturated rings. The van der Waals surface area contributed by atoms with E-state index in [0.717, 1.165) is 32.1 Å². The molecule has 0 atom stereocenters. The lowest BCUT2D eigenvalue weighted by molar-refractivity contribution is 0.0726. The van der Waals surface area contributed by atoms with Crippen LogP contribution in [0.5, 0.6) is 11.5 Å². The third-order valence-electron chi connectivity index (χ3n) is 4.24. The lowest BCUT2D eigenvalue weighted by Gasteiger charge is -2.10. The van der Waals surface area contributed by atoms with Gasteiger partial charge in [-0.25, -0.2) is 9.18 Å². The number of unbranched alkanes of at least 4 members (excludes halogenated alkanes) is 3. The third kappa shape index (κ3) is 6.05. The van der Waals surface area contributed by atoms with Gasteiger partial charge in [0.25, 0.3) is 0 Å². The van der Waals surface area contributed by atoms with Crippen molar-refractivity contribution in [3.05, 3.63) is 59.2 Å². The lowest BCUT2D eigenvalue weighted by Crippen LogP contribution is -2.10. The Balaban J connectivity index is 2.01. The van der Waals surface area contributed by atoms with Crippen molar-refractivity contribution in [2.45, 2.75) is 52.4 Å². The second kappa shape index (κ2) is 10.7. The molecular formula is C22H26F2O3. The Labute approximate surface area is 159 Å². The largest absolute Gasteiger partial charge is 0.494 e. The van der Waals surface area contributed by atoms with E-state index in [0.29, 0.717) is 24.3 Å². The molecule has 0 radical (unpaired) electrons. The average Bonchev–Trinajstić information content (AvgIpc) is 2.68. The highest BCUT2D eigenvalue weighted by Crippen LogP contribution is 2.25. The molecular weight excluding hydrogens is 350 g/mol. The van der Waals surface area contributed by atoms with E-state index in [1.54, 1.807) is 12.1 Å². The van der Waals surface area contributed by atoms with Crippen LogP contribution >= 0.6 is 0 Å². The summed E-state index contributed by atoms with van der Waals surface area (Å²) in [5, 5.41) is 0. The Morgan fingerprint density at radius 1 is 0.889 bits per heavy atom. The molecule has 0 heterocycles. The zero-order valence-electron chi connectivity index (χ0n) is 15.9. The van der Waals surface area contributed by atoms with Gasteiger partial charge in [0, 0.05) is 0 Å². The highest BCUT2D eigenvalue weighted by Gasteiger charge is 2.18. The summed E-state index contributed by atoms with van der Waals surface area (Å²) in [6.07, 6.45) is 5.19. The van der Waals surface area contributed by atoms with E-state index in [9.17, 15) is 13.6 Å². The summed E-state index contributed by atoms with van der Waals surface area (Å²) in [6.45, 7) is 4.72. The number of esters is 1. The first kappa shape index (κ1) is 20.9. The van der Waals surface area contributed by atoms with Crippen LogP contribution in [0.1, 0.15) is 61.9 Å². The molecule has 0 saturated heterocycles. The van der Waals surface area contributed by atoms with Crippen LogP contribution in [0.3, 0.4) is 0 Å². The molecule has 0 aliphatic rings. The number of rotatable bonds is 10. The Bertz CT molecular complexity index is 742. The average molecular weight is 376 g/mol. The quantitative estimate of drug-likeness (QED) is 0.286. The number of ether oxygens (including phenoxy) is 2. The molecule has 146 valence electrons. The monoisotopic (exact) mass is 376 g/mol. The minimum Gasteiger partial charge on any atom is -0.494 e. The first-order valence-electron chi connectivity index (χ1n) is 9.48. The summed E-state index contributed by atoms with van der Waals surface area (Å²) < 4.78 is 38.9. The number of halogens is 2. The van der Waals surface area contributed by atoms with E-state index in [-0.39, 0.29) is 5.56 Å². The highest BCUT2D eigenvalue weighted by molar-refractivity contribution is 5.91. The fourth-order valence-electron chi connectivity index (χ4n) is 2.59. The fraction of sp³-hybridized carbons (Fsp3) is 0.409. The maximum absolute atomic E-state index is 14.2. The first-order chi connectivity index (χ1) is 13.1. The van der Waals surface area contributed by atoms with Gasteiger partial charge in [-0.3, -0.25) is 0 Å². The summed E-state index contributed by atoms with van der Waals surface area (Å²) >= 11 is 0. The zero-order chi connectivity index (χ0) is 19.6. The van der Waals surface area contributed by atoms with Crippen LogP contribution in [-0.2, 0) is 6.42 Å². The van der Waals surface area contributed by atoms with E-state index in [2.05, 4.69) is 6.92 Å². The molecule has 0 spiro atoms. The second-order valence-corrected chi connectivity index (χ2v) is 6.42. The van der Waals surface area contributed by atoms with Crippen molar-refractivity contribution in [3.63, 3.8) is 0 Å². The van der Waals surface area contributed by atoms with E-state index in [1.807, 2.05) is 6.92 Å². The van der Waals surface area contributed by atoms with E-state index < -0.39 is 23.4 Å². The molecule has 2 aromatic carbocycles. The molecule has 0 N–H and O–H groups in total. The maximum atomic E-state index is 14.2. The van der Waals surface area contributed by atoms with Gasteiger partial charge in [-0.05, 0) is 55.2 Å². The molecule has 3 nitrogen and oxygen atoms in total. The van der Waals surface area contributed by atoms with Crippen molar-refractivity contribution >= 4 is 5.97 Å². The maximum Gasteiger partial charge on any atom is 0.343 e. The molecule has 0 amide bonds. The number of carbonyl (C=O) groups excluding carboxylic acids is 1. The third-order valence-corrected chi connectivity index (χ3v) is 4.24. The topological polar surface area (TPSA) is 35.5 Å². The SMILES string of the molecule is CCCCCc1ccc(OC(=O)c2ccc(OCCCC)cc2)c(F)c1F. The van der Waals surface area contributed by atoms with Gasteiger partial charge in [0.2, 0.25) is 5.82 Å². The Morgan fingerprint density at radius 2 is 1.59 bits per heavy atom. The van der Waals surface area contributed by atoms with Crippen LogP contribution in [0.2, 0.25) is 0 Å². The number of hydrogen-bond donors (Lipinski definition) is 0. The Hall–Kier alpha value is -2.43. The van der Waals surface area contributed by atoms with Gasteiger partial charge in [0.05, 0.1) is 12.2 Å². The van der Waals surface area contributed by atoms with Gasteiger partial charge in [-0.15, -0.1) is 0 Å². The van der Waals surface area contributed by atoms with Crippen LogP contribution in [0.15, 0.2) is 36.4 Å². The summed E-state index contributed by atoms with van der Waals surface area (Å²) in [5.41, 5.74) is 0.541. The van der Waals surface area contributed by atoms with Crippen LogP contribution in [-0.4, -0.2) is 12.6 Å². The molecule has 0 saturated carbocycles. The van der Waals surface area contributed by atoms with Crippen molar-refractivity contribution in [2.24, 2.45) is 0 Å². The summed E-state index contributed by atoms with van der Waals surface area (Å²) in [6, 6.07) is 9.16. The minimum absolute atomic E-state index is 0.240. The summed E-state index contributed by atoms with van der Waals surface area (Å²) in [7, 11) is 0. The van der Waals surface area contributed by atoms with Crippen LogP contribution in [0.4, 0.5) is 8.78 Å². The van der Waals surface area contributed by atoms with Gasteiger partial charge in [-0.1, -0.05) is 39.2 Å². The number of carbonyl (C=O) groups is 1. The van der Waals surface area contributed by atoms with Crippen LogP contribution < -0.4 is 9.47 Å². The highest BCUT2D eigenvalue weighted by atomic mass is 19.2. The molecule has 0 aliphatic heterocycles. The van der Waals surface area contributed by atoms with Gasteiger partial charge >= 0.3 is 5.97 Å². The van der Waals surface area contributed by atoms with Gasteiger partial charge in [0.15, 0.2) is 11.6 Å². The van der Waals surface area contributed by atoms with Crippen LogP contribution in [0.25, 0.3) is 0 Å². The smallest absolute Gasteiger partial charge is 0.343 e. The molecule has 2 rings (SSSR count). The molecule has 2 aromatic rings. The number of benzene rings is 2. The second-order valence-electron chi connectivity index (χ2n) is 6.42. The zero-order valence-corrected chi connectivity index (χ0v) is 15.9. The number of hydrogen-bond acceptors (Lipinski definition) is 3. The van der Waals surface area contributed by atoms with E-state index in [1.165, 1.54) is 24.3 Å². The Kier molecular flexibility index (Phi) is 8.24. The molecule has 5 heteroatoms. The Morgan fingerprint density at radius 3 is 2.26 bits per heavy atom. The fourth-order valence-corrected chi connectivity index (χ4v) is 2.59. The molecule has 27 heavy (non-hydrogen) atoms. The molecule has 0 bridgehead atoms.